The molecule has 2 N–H and O–H groups in total. The summed E-state index contributed by atoms with van der Waals surface area (Å²) in [6, 6.07) is 2.73. The summed E-state index contributed by atoms with van der Waals surface area (Å²) >= 11 is 6.16. The van der Waals surface area contributed by atoms with Crippen molar-refractivity contribution < 1.29 is 26.3 Å². The maximum absolute atomic E-state index is 13.0. The van der Waals surface area contributed by atoms with E-state index in [1.807, 2.05) is 0 Å². The number of alkyl halides is 6. The maximum atomic E-state index is 13.0. The Bertz CT molecular complexity index is 1010. The lowest BCUT2D eigenvalue weighted by Crippen LogP contribution is -2.20. The zero-order valence-electron chi connectivity index (χ0n) is 15.1. The summed E-state index contributed by atoms with van der Waals surface area (Å²) < 4.78 is 77.9. The number of aromatic amines is 1. The monoisotopic (exact) mass is 436 g/mol. The lowest BCUT2D eigenvalue weighted by Gasteiger charge is -2.18. The third-order valence-electron chi connectivity index (χ3n) is 4.45. The second kappa shape index (κ2) is 7.49. The first-order valence-corrected chi connectivity index (χ1v) is 8.77. The molecule has 0 fully saturated rings. The number of hydrogen-bond donors (Lipinski definition) is 2. The molecule has 156 valence electrons. The summed E-state index contributed by atoms with van der Waals surface area (Å²) in [5.41, 5.74) is -1.14. The van der Waals surface area contributed by atoms with Crippen LogP contribution in [0.3, 0.4) is 0 Å². The first-order chi connectivity index (χ1) is 13.4. The molecular formula is C18H15ClF6N4. The summed E-state index contributed by atoms with van der Waals surface area (Å²) in [6.45, 7) is 3.22. The van der Waals surface area contributed by atoms with Gasteiger partial charge in [0.15, 0.2) is 5.65 Å². The summed E-state index contributed by atoms with van der Waals surface area (Å²) in [6.07, 6.45) is -9.78. The number of benzene rings is 1. The van der Waals surface area contributed by atoms with Crippen LogP contribution in [0.1, 0.15) is 40.9 Å². The Balaban J connectivity index is 1.87. The van der Waals surface area contributed by atoms with E-state index in [4.69, 9.17) is 11.6 Å². The highest BCUT2D eigenvalue weighted by Gasteiger charge is 2.36. The van der Waals surface area contributed by atoms with Crippen molar-refractivity contribution in [1.29, 1.82) is 0 Å². The van der Waals surface area contributed by atoms with Gasteiger partial charge in [0.25, 0.3) is 0 Å². The van der Waals surface area contributed by atoms with Gasteiger partial charge in [-0.2, -0.15) is 31.4 Å². The zero-order valence-corrected chi connectivity index (χ0v) is 15.9. The Morgan fingerprint density at radius 1 is 1.03 bits per heavy atom. The van der Waals surface area contributed by atoms with Crippen LogP contribution in [0.4, 0.5) is 26.3 Å². The molecule has 0 saturated carbocycles. The lowest BCUT2D eigenvalue weighted by atomic mass is 10.0. The number of aromatic nitrogens is 3. The fraction of sp³-hybridized carbons (Fsp3) is 0.333. The van der Waals surface area contributed by atoms with Crippen LogP contribution in [-0.2, 0) is 18.9 Å². The zero-order chi connectivity index (χ0) is 21.6. The third kappa shape index (κ3) is 4.64. The molecule has 2 aromatic heterocycles. The fourth-order valence-electron chi connectivity index (χ4n) is 2.87. The van der Waals surface area contributed by atoms with Gasteiger partial charge in [-0.15, -0.1) is 0 Å². The number of halogens is 7. The van der Waals surface area contributed by atoms with Crippen molar-refractivity contribution in [1.82, 2.24) is 20.5 Å². The molecule has 0 spiro atoms. The second-order valence-corrected chi connectivity index (χ2v) is 6.95. The Labute approximate surface area is 166 Å². The average Bonchev–Trinajstić information content (AvgIpc) is 2.97. The van der Waals surface area contributed by atoms with Crippen LogP contribution in [0.25, 0.3) is 11.0 Å². The minimum absolute atomic E-state index is 0.101. The highest BCUT2D eigenvalue weighted by atomic mass is 35.5. The largest absolute Gasteiger partial charge is 0.416 e. The molecule has 2 heterocycles. The van der Waals surface area contributed by atoms with E-state index in [0.717, 1.165) is 5.39 Å². The van der Waals surface area contributed by atoms with Gasteiger partial charge in [-0.3, -0.25) is 5.10 Å². The molecule has 11 heteroatoms. The maximum Gasteiger partial charge on any atom is 0.416 e. The van der Waals surface area contributed by atoms with Gasteiger partial charge < -0.3 is 5.32 Å². The van der Waals surface area contributed by atoms with Crippen molar-refractivity contribution in [3.05, 3.63) is 57.4 Å². The van der Waals surface area contributed by atoms with E-state index in [-0.39, 0.29) is 23.3 Å². The number of rotatable bonds is 4. The molecule has 29 heavy (non-hydrogen) atoms. The highest BCUT2D eigenvalue weighted by Crippen LogP contribution is 2.36. The van der Waals surface area contributed by atoms with E-state index >= 15 is 0 Å². The quantitative estimate of drug-likeness (QED) is 0.401. The van der Waals surface area contributed by atoms with E-state index < -0.39 is 29.5 Å². The number of fused-ring (bicyclic) bond motifs is 1. The Kier molecular flexibility index (Phi) is 5.52. The smallest absolute Gasteiger partial charge is 0.306 e. The minimum atomic E-state index is -4.89. The number of hydrogen-bond acceptors (Lipinski definition) is 3. The predicted octanol–water partition coefficient (Wildman–Crippen LogP) is 5.81. The van der Waals surface area contributed by atoms with Crippen LogP contribution in [0.5, 0.6) is 0 Å². The van der Waals surface area contributed by atoms with E-state index in [1.54, 1.807) is 19.9 Å². The lowest BCUT2D eigenvalue weighted by molar-refractivity contribution is -0.143. The van der Waals surface area contributed by atoms with Crippen LogP contribution < -0.4 is 5.32 Å². The van der Waals surface area contributed by atoms with Crippen LogP contribution >= 0.6 is 11.6 Å². The molecule has 3 rings (SSSR count). The molecule has 0 aliphatic rings. The SMILES string of the molecule is Cc1n[nH]c2nc(Cl)c(C(C)NCc3cc(C(F)(F)F)cc(C(F)(F)F)c3)cc12. The molecule has 0 aliphatic carbocycles. The molecule has 1 aromatic carbocycles. The summed E-state index contributed by atoms with van der Waals surface area (Å²) in [4.78, 5) is 4.18. The highest BCUT2D eigenvalue weighted by molar-refractivity contribution is 6.30. The molecule has 0 aliphatic heterocycles. The van der Waals surface area contributed by atoms with E-state index in [2.05, 4.69) is 20.5 Å². The Morgan fingerprint density at radius 3 is 2.17 bits per heavy atom. The number of aryl methyl sites for hydroxylation is 1. The van der Waals surface area contributed by atoms with Crippen molar-refractivity contribution in [2.24, 2.45) is 0 Å². The Hall–Kier alpha value is -2.33. The van der Waals surface area contributed by atoms with Gasteiger partial charge in [0, 0.05) is 23.5 Å². The van der Waals surface area contributed by atoms with Gasteiger partial charge in [-0.05, 0) is 43.7 Å². The van der Waals surface area contributed by atoms with Crippen molar-refractivity contribution in [2.45, 2.75) is 38.8 Å². The second-order valence-electron chi connectivity index (χ2n) is 6.59. The summed E-state index contributed by atoms with van der Waals surface area (Å²) in [7, 11) is 0. The topological polar surface area (TPSA) is 53.6 Å². The summed E-state index contributed by atoms with van der Waals surface area (Å²) in [5, 5.41) is 10.5. The van der Waals surface area contributed by atoms with Crippen LogP contribution in [0, 0.1) is 6.92 Å². The molecule has 0 bridgehead atoms. The molecule has 1 atom stereocenters. The standard InChI is InChI=1S/C18H15ClF6N4/c1-8(13-6-14-9(2)28-29-16(14)27-15(13)19)26-7-10-3-11(17(20,21)22)5-12(4-10)18(23,24)25/h3-6,8,26H,7H2,1-2H3,(H,27,28,29). The van der Waals surface area contributed by atoms with Crippen LogP contribution in [0.2, 0.25) is 5.15 Å². The first kappa shape index (κ1) is 21.4. The molecule has 0 saturated heterocycles. The van der Waals surface area contributed by atoms with Crippen LogP contribution in [0.15, 0.2) is 24.3 Å². The van der Waals surface area contributed by atoms with E-state index in [0.29, 0.717) is 29.0 Å². The number of nitrogens with zero attached hydrogens (tertiary/aromatic N) is 2. The Morgan fingerprint density at radius 2 is 1.62 bits per heavy atom. The molecule has 3 aromatic rings. The van der Waals surface area contributed by atoms with Gasteiger partial charge in [-0.1, -0.05) is 11.6 Å². The van der Waals surface area contributed by atoms with Gasteiger partial charge in [0.2, 0.25) is 0 Å². The molecule has 1 unspecified atom stereocenters. The molecule has 4 nitrogen and oxygen atoms in total. The van der Waals surface area contributed by atoms with Crippen molar-refractivity contribution in [3.63, 3.8) is 0 Å². The van der Waals surface area contributed by atoms with Crippen LogP contribution in [-0.4, -0.2) is 15.2 Å². The summed E-state index contributed by atoms with van der Waals surface area (Å²) in [5.74, 6) is 0. The fourth-order valence-corrected chi connectivity index (χ4v) is 3.17. The third-order valence-corrected chi connectivity index (χ3v) is 4.75. The first-order valence-electron chi connectivity index (χ1n) is 8.39. The molecule has 0 radical (unpaired) electrons. The molecule has 0 amide bonds. The van der Waals surface area contributed by atoms with E-state index in [9.17, 15) is 26.3 Å². The normalized spacial score (nSPS) is 13.8. The van der Waals surface area contributed by atoms with Gasteiger partial charge >= 0.3 is 12.4 Å². The van der Waals surface area contributed by atoms with Crippen molar-refractivity contribution in [2.75, 3.05) is 0 Å². The number of H-pyrrole nitrogens is 1. The molecular weight excluding hydrogens is 422 g/mol. The minimum Gasteiger partial charge on any atom is -0.306 e. The average molecular weight is 437 g/mol. The number of nitrogens with one attached hydrogen (secondary N) is 2. The van der Waals surface area contributed by atoms with Gasteiger partial charge in [-0.25, -0.2) is 4.98 Å². The number of pyridine rings is 1. The van der Waals surface area contributed by atoms with Gasteiger partial charge in [0.1, 0.15) is 5.15 Å². The van der Waals surface area contributed by atoms with Crippen molar-refractivity contribution >= 4 is 22.6 Å². The van der Waals surface area contributed by atoms with Crippen molar-refractivity contribution in [3.8, 4) is 0 Å². The van der Waals surface area contributed by atoms with Gasteiger partial charge in [0.05, 0.1) is 16.8 Å². The van der Waals surface area contributed by atoms with E-state index in [1.165, 1.54) is 0 Å². The predicted molar refractivity (Wildman–Crippen MR) is 95.3 cm³/mol.